The Labute approximate surface area is 201 Å². The zero-order chi connectivity index (χ0) is 23.2. The molecule has 0 radical (unpaired) electrons. The van der Waals surface area contributed by atoms with Gasteiger partial charge in [-0.3, -0.25) is 4.79 Å². The van der Waals surface area contributed by atoms with Crippen LogP contribution in [0.15, 0.2) is 71.1 Å². The number of aromatic nitrogens is 3. The van der Waals surface area contributed by atoms with Crippen molar-refractivity contribution in [1.82, 2.24) is 15.0 Å². The minimum atomic E-state index is -0.295. The summed E-state index contributed by atoms with van der Waals surface area (Å²) in [6.45, 7) is 3.86. The Morgan fingerprint density at radius 1 is 1.03 bits per heavy atom. The van der Waals surface area contributed by atoms with E-state index in [1.54, 1.807) is 7.11 Å². The predicted molar refractivity (Wildman–Crippen MR) is 135 cm³/mol. The fourth-order valence-corrected chi connectivity index (χ4v) is 4.95. The molecule has 4 aromatic rings. The minimum Gasteiger partial charge on any atom is -0.497 e. The first-order valence-corrected chi connectivity index (χ1v) is 12.3. The van der Waals surface area contributed by atoms with E-state index in [-0.39, 0.29) is 11.2 Å². The highest BCUT2D eigenvalue weighted by Crippen LogP contribution is 2.30. The van der Waals surface area contributed by atoms with Crippen molar-refractivity contribution in [1.29, 1.82) is 0 Å². The molecule has 0 aliphatic rings. The van der Waals surface area contributed by atoms with Gasteiger partial charge in [0.1, 0.15) is 16.6 Å². The van der Waals surface area contributed by atoms with Crippen molar-refractivity contribution in [2.45, 2.75) is 30.5 Å². The number of nitrogens with one attached hydrogen (secondary N) is 1. The Balaban J connectivity index is 1.46. The van der Waals surface area contributed by atoms with Crippen LogP contribution in [0, 0.1) is 6.92 Å². The summed E-state index contributed by atoms with van der Waals surface area (Å²) in [5.41, 5.74) is 3.66. The molecule has 0 fully saturated rings. The van der Waals surface area contributed by atoms with E-state index in [1.165, 1.54) is 23.1 Å². The van der Waals surface area contributed by atoms with Crippen molar-refractivity contribution in [3.63, 3.8) is 0 Å². The number of anilines is 1. The standard InChI is InChI=1S/C25H24N4O2S2/c1-4-22(33-23-14-20(26-16(2)27-23)17-8-6-5-7-9-17)24(30)29-25-28-21(15-32-25)18-10-12-19(31-3)13-11-18/h5-15,22H,4H2,1-3H3,(H,28,29,30). The van der Waals surface area contributed by atoms with Crippen LogP contribution in [-0.2, 0) is 4.79 Å². The Morgan fingerprint density at radius 3 is 2.45 bits per heavy atom. The number of amides is 1. The van der Waals surface area contributed by atoms with E-state index in [1.807, 2.05) is 79.9 Å². The van der Waals surface area contributed by atoms with Crippen molar-refractivity contribution >= 4 is 34.1 Å². The number of hydrogen-bond acceptors (Lipinski definition) is 7. The summed E-state index contributed by atoms with van der Waals surface area (Å²) in [5.74, 6) is 1.38. The van der Waals surface area contributed by atoms with Gasteiger partial charge >= 0.3 is 0 Å². The molecule has 1 atom stereocenters. The van der Waals surface area contributed by atoms with E-state index in [0.29, 0.717) is 17.4 Å². The first kappa shape index (κ1) is 22.9. The predicted octanol–water partition coefficient (Wildman–Crippen LogP) is 6.09. The molecule has 1 unspecified atom stereocenters. The number of ether oxygens (including phenoxy) is 1. The molecule has 0 aliphatic carbocycles. The lowest BCUT2D eigenvalue weighted by Gasteiger charge is -2.14. The van der Waals surface area contributed by atoms with Crippen LogP contribution in [0.3, 0.4) is 0 Å². The van der Waals surface area contributed by atoms with Gasteiger partial charge in [0.2, 0.25) is 5.91 Å². The lowest BCUT2D eigenvalue weighted by atomic mass is 10.1. The number of thioether (sulfide) groups is 1. The van der Waals surface area contributed by atoms with E-state index in [4.69, 9.17) is 4.74 Å². The first-order valence-electron chi connectivity index (χ1n) is 10.5. The summed E-state index contributed by atoms with van der Waals surface area (Å²) in [7, 11) is 1.64. The Hall–Kier alpha value is -3.23. The van der Waals surface area contributed by atoms with Crippen LogP contribution >= 0.6 is 23.1 Å². The largest absolute Gasteiger partial charge is 0.497 e. The van der Waals surface area contributed by atoms with Crippen molar-refractivity contribution in [2.24, 2.45) is 0 Å². The molecular formula is C25H24N4O2S2. The third kappa shape index (κ3) is 5.77. The highest BCUT2D eigenvalue weighted by molar-refractivity contribution is 8.00. The molecule has 0 saturated heterocycles. The molecular weight excluding hydrogens is 452 g/mol. The second-order valence-corrected chi connectivity index (χ2v) is 9.36. The van der Waals surface area contributed by atoms with Crippen LogP contribution in [0.5, 0.6) is 5.75 Å². The normalized spacial score (nSPS) is 11.7. The Bertz CT molecular complexity index is 1230. The Morgan fingerprint density at radius 2 is 1.76 bits per heavy atom. The quantitative estimate of drug-likeness (QED) is 0.245. The van der Waals surface area contributed by atoms with Gasteiger partial charge in [-0.25, -0.2) is 15.0 Å². The second-order valence-electron chi connectivity index (χ2n) is 7.28. The highest BCUT2D eigenvalue weighted by atomic mass is 32.2. The minimum absolute atomic E-state index is 0.0874. The summed E-state index contributed by atoms with van der Waals surface area (Å²) in [6.07, 6.45) is 0.664. The molecule has 2 aromatic carbocycles. The van der Waals surface area contributed by atoms with Gasteiger partial charge in [-0.15, -0.1) is 11.3 Å². The van der Waals surface area contributed by atoms with Gasteiger partial charge in [-0.05, 0) is 43.7 Å². The average Bonchev–Trinajstić information content (AvgIpc) is 3.31. The Kier molecular flexibility index (Phi) is 7.36. The zero-order valence-corrected chi connectivity index (χ0v) is 20.2. The van der Waals surface area contributed by atoms with Gasteiger partial charge in [0.25, 0.3) is 0 Å². The molecule has 1 N–H and O–H groups in total. The van der Waals surface area contributed by atoms with E-state index >= 15 is 0 Å². The van der Waals surface area contributed by atoms with Crippen LogP contribution in [0.4, 0.5) is 5.13 Å². The maximum Gasteiger partial charge on any atom is 0.239 e. The van der Waals surface area contributed by atoms with Crippen molar-refractivity contribution < 1.29 is 9.53 Å². The molecule has 8 heteroatoms. The van der Waals surface area contributed by atoms with E-state index in [2.05, 4.69) is 20.3 Å². The van der Waals surface area contributed by atoms with Gasteiger partial charge in [0.15, 0.2) is 5.13 Å². The molecule has 2 aromatic heterocycles. The maximum absolute atomic E-state index is 13.0. The summed E-state index contributed by atoms with van der Waals surface area (Å²) in [5, 5.41) is 5.96. The average molecular weight is 477 g/mol. The summed E-state index contributed by atoms with van der Waals surface area (Å²) in [6, 6.07) is 19.6. The van der Waals surface area contributed by atoms with Crippen LogP contribution in [0.2, 0.25) is 0 Å². The molecule has 0 saturated carbocycles. The summed E-state index contributed by atoms with van der Waals surface area (Å²) in [4.78, 5) is 26.7. The van der Waals surface area contributed by atoms with Crippen LogP contribution in [-0.4, -0.2) is 33.2 Å². The second kappa shape index (κ2) is 10.6. The number of benzene rings is 2. The third-order valence-electron chi connectivity index (χ3n) is 4.93. The van der Waals surface area contributed by atoms with Crippen molar-refractivity contribution in [3.05, 3.63) is 71.9 Å². The van der Waals surface area contributed by atoms with Crippen molar-refractivity contribution in [3.8, 4) is 28.3 Å². The van der Waals surface area contributed by atoms with Crippen molar-refractivity contribution in [2.75, 3.05) is 12.4 Å². The number of thiazole rings is 1. The molecule has 1 amide bonds. The molecule has 6 nitrogen and oxygen atoms in total. The SMILES string of the molecule is CCC(Sc1cc(-c2ccccc2)nc(C)n1)C(=O)Nc1nc(-c2ccc(OC)cc2)cs1. The molecule has 0 aliphatic heterocycles. The lowest BCUT2D eigenvalue weighted by Crippen LogP contribution is -2.24. The maximum atomic E-state index is 13.0. The molecule has 4 rings (SSSR count). The van der Waals surface area contributed by atoms with Crippen LogP contribution in [0.1, 0.15) is 19.2 Å². The van der Waals surface area contributed by atoms with Gasteiger partial charge in [0.05, 0.1) is 23.7 Å². The van der Waals surface area contributed by atoms with Gasteiger partial charge in [0, 0.05) is 16.5 Å². The van der Waals surface area contributed by atoms with Gasteiger partial charge in [-0.2, -0.15) is 0 Å². The molecule has 33 heavy (non-hydrogen) atoms. The zero-order valence-electron chi connectivity index (χ0n) is 18.6. The molecule has 0 spiro atoms. The fourth-order valence-electron chi connectivity index (χ4n) is 3.24. The number of carbonyl (C=O) groups excluding carboxylic acids is 1. The van der Waals surface area contributed by atoms with E-state index < -0.39 is 0 Å². The van der Waals surface area contributed by atoms with E-state index in [9.17, 15) is 4.79 Å². The topological polar surface area (TPSA) is 77.0 Å². The lowest BCUT2D eigenvalue weighted by molar-refractivity contribution is -0.115. The number of aryl methyl sites for hydroxylation is 1. The number of rotatable bonds is 8. The third-order valence-corrected chi connectivity index (χ3v) is 6.97. The first-order chi connectivity index (χ1) is 16.1. The van der Waals surface area contributed by atoms with Crippen LogP contribution < -0.4 is 10.1 Å². The van der Waals surface area contributed by atoms with Gasteiger partial charge < -0.3 is 10.1 Å². The molecule has 0 bridgehead atoms. The fraction of sp³-hybridized carbons (Fsp3) is 0.200. The van der Waals surface area contributed by atoms with E-state index in [0.717, 1.165) is 33.3 Å². The monoisotopic (exact) mass is 476 g/mol. The number of methoxy groups -OCH3 is 1. The number of nitrogens with zero attached hydrogens (tertiary/aromatic N) is 3. The number of carbonyl (C=O) groups is 1. The summed E-state index contributed by atoms with van der Waals surface area (Å²) < 4.78 is 5.20. The van der Waals surface area contributed by atoms with Crippen LogP contribution in [0.25, 0.3) is 22.5 Å². The smallest absolute Gasteiger partial charge is 0.239 e. The summed E-state index contributed by atoms with van der Waals surface area (Å²) >= 11 is 2.86. The van der Waals surface area contributed by atoms with Gasteiger partial charge in [-0.1, -0.05) is 49.0 Å². The molecule has 2 heterocycles. The number of hydrogen-bond donors (Lipinski definition) is 1. The highest BCUT2D eigenvalue weighted by Gasteiger charge is 2.21. The molecule has 168 valence electrons.